The molecule has 18 heavy (non-hydrogen) atoms. The Morgan fingerprint density at radius 1 is 1.17 bits per heavy atom. The van der Waals surface area contributed by atoms with E-state index in [0.717, 1.165) is 4.47 Å². The van der Waals surface area contributed by atoms with Crippen LogP contribution in [-0.2, 0) is 0 Å². The molecule has 0 aromatic heterocycles. The number of Topliss-reactive ketones (excluding diaryl/α,β-unsaturated/α-hetero) is 1. The fourth-order valence-electron chi connectivity index (χ4n) is 1.60. The van der Waals surface area contributed by atoms with E-state index in [1.165, 1.54) is 24.3 Å². The third-order valence-corrected chi connectivity index (χ3v) is 3.03. The zero-order chi connectivity index (χ0) is 13.1. The van der Waals surface area contributed by atoms with Crippen molar-refractivity contribution >= 4 is 21.7 Å². The molecular weight excluding hydrogens is 299 g/mol. The number of hydrogen-bond acceptors (Lipinski definition) is 2. The van der Waals surface area contributed by atoms with E-state index in [0.29, 0.717) is 5.56 Å². The molecule has 0 unspecified atom stereocenters. The van der Waals surface area contributed by atoms with Crippen LogP contribution in [0.2, 0.25) is 0 Å². The Morgan fingerprint density at radius 2 is 1.83 bits per heavy atom. The summed E-state index contributed by atoms with van der Waals surface area (Å²) in [6, 6.07) is 12.0. The molecule has 0 saturated heterocycles. The monoisotopic (exact) mass is 308 g/mol. The largest absolute Gasteiger partial charge is 0.380 e. The molecule has 1 atom stereocenters. The SMILES string of the molecule is O=C(c1ccc(F)cc1)[C@@H](O)c1cccc(Br)c1. The summed E-state index contributed by atoms with van der Waals surface area (Å²) in [6.07, 6.45) is -1.24. The van der Waals surface area contributed by atoms with Gasteiger partial charge >= 0.3 is 0 Å². The van der Waals surface area contributed by atoms with Crippen LogP contribution in [0.4, 0.5) is 4.39 Å². The van der Waals surface area contributed by atoms with Crippen molar-refractivity contribution in [3.8, 4) is 0 Å². The fraction of sp³-hybridized carbons (Fsp3) is 0.0714. The second kappa shape index (κ2) is 5.42. The highest BCUT2D eigenvalue weighted by Gasteiger charge is 2.19. The molecular formula is C14H10BrFO2. The summed E-state index contributed by atoms with van der Waals surface area (Å²) >= 11 is 3.27. The molecule has 0 spiro atoms. The van der Waals surface area contributed by atoms with Gasteiger partial charge in [0.15, 0.2) is 5.78 Å². The maximum atomic E-state index is 12.7. The quantitative estimate of drug-likeness (QED) is 0.881. The van der Waals surface area contributed by atoms with Gasteiger partial charge in [0.1, 0.15) is 11.9 Å². The molecule has 2 aromatic rings. The lowest BCUT2D eigenvalue weighted by molar-refractivity contribution is 0.0747. The molecule has 0 heterocycles. The third kappa shape index (κ3) is 2.83. The highest BCUT2D eigenvalue weighted by Crippen LogP contribution is 2.21. The van der Waals surface area contributed by atoms with Crippen molar-refractivity contribution in [2.75, 3.05) is 0 Å². The lowest BCUT2D eigenvalue weighted by Gasteiger charge is -2.10. The molecule has 0 bridgehead atoms. The van der Waals surface area contributed by atoms with E-state index in [9.17, 15) is 14.3 Å². The highest BCUT2D eigenvalue weighted by molar-refractivity contribution is 9.10. The van der Waals surface area contributed by atoms with Gasteiger partial charge in [-0.25, -0.2) is 4.39 Å². The number of hydrogen-bond donors (Lipinski definition) is 1. The van der Waals surface area contributed by atoms with Gasteiger partial charge in [0, 0.05) is 10.0 Å². The Balaban J connectivity index is 2.26. The summed E-state index contributed by atoms with van der Waals surface area (Å²) in [4.78, 5) is 12.0. The van der Waals surface area contributed by atoms with Crippen molar-refractivity contribution < 1.29 is 14.3 Å². The molecule has 92 valence electrons. The van der Waals surface area contributed by atoms with Crippen LogP contribution in [-0.4, -0.2) is 10.9 Å². The maximum Gasteiger partial charge on any atom is 0.195 e. The molecule has 0 amide bonds. The fourth-order valence-corrected chi connectivity index (χ4v) is 2.02. The van der Waals surface area contributed by atoms with Crippen LogP contribution in [0, 0.1) is 5.82 Å². The molecule has 0 aliphatic heterocycles. The summed E-state index contributed by atoms with van der Waals surface area (Å²) in [5.74, 6) is -0.864. The summed E-state index contributed by atoms with van der Waals surface area (Å²) in [6.45, 7) is 0. The number of rotatable bonds is 3. The van der Waals surface area contributed by atoms with Crippen molar-refractivity contribution in [2.24, 2.45) is 0 Å². The van der Waals surface area contributed by atoms with Crippen LogP contribution < -0.4 is 0 Å². The smallest absolute Gasteiger partial charge is 0.195 e. The Hall–Kier alpha value is -1.52. The average molecular weight is 309 g/mol. The first-order valence-corrected chi connectivity index (χ1v) is 6.10. The molecule has 0 aliphatic carbocycles. The van der Waals surface area contributed by atoms with Crippen LogP contribution in [0.5, 0.6) is 0 Å². The minimum absolute atomic E-state index is 0.281. The predicted molar refractivity (Wildman–Crippen MR) is 69.8 cm³/mol. The first-order chi connectivity index (χ1) is 8.58. The standard InChI is InChI=1S/C14H10BrFO2/c15-11-3-1-2-10(8-11)14(18)13(17)9-4-6-12(16)7-5-9/h1-8,14,18H/t14-/m0/s1. The van der Waals surface area contributed by atoms with E-state index in [2.05, 4.69) is 15.9 Å². The Kier molecular flexibility index (Phi) is 3.89. The summed E-state index contributed by atoms with van der Waals surface area (Å²) < 4.78 is 13.5. The second-order valence-electron chi connectivity index (χ2n) is 3.83. The van der Waals surface area contributed by atoms with Crippen molar-refractivity contribution in [1.82, 2.24) is 0 Å². The molecule has 0 radical (unpaired) electrons. The summed E-state index contributed by atoms with van der Waals surface area (Å²) in [5.41, 5.74) is 0.780. The molecule has 2 aromatic carbocycles. The molecule has 2 rings (SSSR count). The number of halogens is 2. The van der Waals surface area contributed by atoms with Crippen molar-refractivity contribution in [2.45, 2.75) is 6.10 Å². The molecule has 0 saturated carbocycles. The van der Waals surface area contributed by atoms with Gasteiger partial charge in [-0.3, -0.25) is 4.79 Å². The number of aliphatic hydroxyl groups excluding tert-OH is 1. The molecule has 4 heteroatoms. The highest BCUT2D eigenvalue weighted by atomic mass is 79.9. The Labute approximate surface area is 112 Å². The topological polar surface area (TPSA) is 37.3 Å². The van der Waals surface area contributed by atoms with Crippen LogP contribution in [0.1, 0.15) is 22.0 Å². The third-order valence-electron chi connectivity index (χ3n) is 2.54. The van der Waals surface area contributed by atoms with Crippen LogP contribution >= 0.6 is 15.9 Å². The number of aliphatic hydroxyl groups is 1. The van der Waals surface area contributed by atoms with Gasteiger partial charge in [-0.2, -0.15) is 0 Å². The normalized spacial score (nSPS) is 12.2. The predicted octanol–water partition coefficient (Wildman–Crippen LogP) is 3.50. The molecule has 0 fully saturated rings. The van der Waals surface area contributed by atoms with Crippen molar-refractivity contribution in [3.05, 3.63) is 69.9 Å². The minimum Gasteiger partial charge on any atom is -0.380 e. The number of benzene rings is 2. The van der Waals surface area contributed by atoms with E-state index in [4.69, 9.17) is 0 Å². The van der Waals surface area contributed by atoms with E-state index in [1.807, 2.05) is 0 Å². The van der Waals surface area contributed by atoms with Crippen LogP contribution in [0.3, 0.4) is 0 Å². The zero-order valence-corrected chi connectivity index (χ0v) is 10.9. The summed E-state index contributed by atoms with van der Waals surface area (Å²) in [5, 5.41) is 9.97. The van der Waals surface area contributed by atoms with Crippen molar-refractivity contribution in [3.63, 3.8) is 0 Å². The Bertz CT molecular complexity index is 566. The zero-order valence-electron chi connectivity index (χ0n) is 9.31. The first-order valence-electron chi connectivity index (χ1n) is 5.31. The second-order valence-corrected chi connectivity index (χ2v) is 4.74. The van der Waals surface area contributed by atoms with Gasteiger partial charge in [-0.15, -0.1) is 0 Å². The number of carbonyl (C=O) groups excluding carboxylic acids is 1. The maximum absolute atomic E-state index is 12.7. The lowest BCUT2D eigenvalue weighted by Crippen LogP contribution is -2.12. The van der Waals surface area contributed by atoms with Gasteiger partial charge in [-0.1, -0.05) is 28.1 Å². The van der Waals surface area contributed by atoms with Gasteiger partial charge in [-0.05, 0) is 42.0 Å². The van der Waals surface area contributed by atoms with Crippen LogP contribution in [0.25, 0.3) is 0 Å². The average Bonchev–Trinajstić information content (AvgIpc) is 2.38. The summed E-state index contributed by atoms with van der Waals surface area (Å²) in [7, 11) is 0. The van der Waals surface area contributed by atoms with Crippen LogP contribution in [0.15, 0.2) is 53.0 Å². The van der Waals surface area contributed by atoms with Gasteiger partial charge in [0.2, 0.25) is 0 Å². The molecule has 0 aliphatic rings. The van der Waals surface area contributed by atoms with Gasteiger partial charge in [0.25, 0.3) is 0 Å². The minimum atomic E-state index is -1.24. The van der Waals surface area contributed by atoms with E-state index in [1.54, 1.807) is 24.3 Å². The lowest BCUT2D eigenvalue weighted by atomic mass is 10.0. The number of ketones is 1. The van der Waals surface area contributed by atoms with E-state index in [-0.39, 0.29) is 5.56 Å². The van der Waals surface area contributed by atoms with E-state index < -0.39 is 17.7 Å². The first kappa shape index (κ1) is 12.9. The number of carbonyl (C=O) groups is 1. The van der Waals surface area contributed by atoms with Gasteiger partial charge in [0.05, 0.1) is 0 Å². The van der Waals surface area contributed by atoms with Crippen molar-refractivity contribution in [1.29, 1.82) is 0 Å². The Morgan fingerprint density at radius 3 is 2.44 bits per heavy atom. The molecule has 1 N–H and O–H groups in total. The van der Waals surface area contributed by atoms with Gasteiger partial charge < -0.3 is 5.11 Å². The van der Waals surface area contributed by atoms with E-state index >= 15 is 0 Å². The molecule has 2 nitrogen and oxygen atoms in total.